The maximum Gasteiger partial charge on any atom is 0.267 e. The predicted molar refractivity (Wildman–Crippen MR) is 76.7 cm³/mol. The Morgan fingerprint density at radius 3 is 3.16 bits per heavy atom. The quantitative estimate of drug-likeness (QED) is 0.883. The second-order valence-electron chi connectivity index (χ2n) is 4.59. The zero-order valence-corrected chi connectivity index (χ0v) is 11.5. The fourth-order valence-electron chi connectivity index (χ4n) is 2.33. The van der Waals surface area contributed by atoms with E-state index in [2.05, 4.69) is 21.7 Å². The molecule has 0 aliphatic carbocycles. The molecule has 3 rings (SSSR count). The number of amides is 1. The Balaban J connectivity index is 1.88. The van der Waals surface area contributed by atoms with E-state index in [0.717, 1.165) is 30.9 Å². The second kappa shape index (κ2) is 5.11. The number of benzene rings is 1. The van der Waals surface area contributed by atoms with Crippen molar-refractivity contribution in [3.05, 3.63) is 45.4 Å². The lowest BCUT2D eigenvalue weighted by Crippen LogP contribution is -2.25. The number of nitrogens with one attached hydrogen (secondary N) is 2. The monoisotopic (exact) mass is 273 g/mol. The fourth-order valence-corrected chi connectivity index (χ4v) is 3.03. The Bertz CT molecular complexity index is 621. The molecule has 0 spiro atoms. The summed E-state index contributed by atoms with van der Waals surface area (Å²) in [4.78, 5) is 17.0. The number of aromatic nitrogens is 1. The zero-order chi connectivity index (χ0) is 13.2. The van der Waals surface area contributed by atoms with Crippen LogP contribution in [-0.4, -0.2) is 17.4 Å². The summed E-state index contributed by atoms with van der Waals surface area (Å²) in [5.41, 5.74) is 5.90. The van der Waals surface area contributed by atoms with E-state index in [4.69, 9.17) is 0 Å². The van der Waals surface area contributed by atoms with Gasteiger partial charge in [0, 0.05) is 12.2 Å². The topological polar surface area (TPSA) is 54.0 Å². The molecule has 98 valence electrons. The molecule has 1 aromatic carbocycles. The Morgan fingerprint density at radius 2 is 2.37 bits per heavy atom. The highest BCUT2D eigenvalue weighted by Gasteiger charge is 2.16. The van der Waals surface area contributed by atoms with E-state index in [0.29, 0.717) is 4.88 Å². The number of fused-ring (bicyclic) bond motifs is 1. The number of carbonyl (C=O) groups is 1. The molecule has 0 saturated heterocycles. The summed E-state index contributed by atoms with van der Waals surface area (Å²) in [7, 11) is 0. The van der Waals surface area contributed by atoms with Gasteiger partial charge in [-0.15, -0.1) is 11.3 Å². The summed E-state index contributed by atoms with van der Waals surface area (Å²) in [6.45, 7) is 3.67. The molecule has 19 heavy (non-hydrogen) atoms. The molecule has 1 aliphatic heterocycles. The van der Waals surface area contributed by atoms with E-state index in [1.54, 1.807) is 5.51 Å². The standard InChI is InChI=1S/C14H15N3OS/c1-9-13(19-8-16-9)14(18)17-12-4-2-3-10-5-6-15-7-11(10)12/h2-4,8,15H,5-7H2,1H3,(H,17,18). The first-order chi connectivity index (χ1) is 9.25. The van der Waals surface area contributed by atoms with Gasteiger partial charge in [0.25, 0.3) is 5.91 Å². The minimum Gasteiger partial charge on any atom is -0.321 e. The van der Waals surface area contributed by atoms with E-state index in [9.17, 15) is 4.79 Å². The SMILES string of the molecule is Cc1ncsc1C(=O)Nc1cccc2c1CNCC2. The van der Waals surface area contributed by atoms with Crippen LogP contribution in [0.15, 0.2) is 23.7 Å². The van der Waals surface area contributed by atoms with E-state index in [-0.39, 0.29) is 5.91 Å². The third kappa shape index (κ3) is 2.39. The third-order valence-electron chi connectivity index (χ3n) is 3.35. The van der Waals surface area contributed by atoms with Crippen molar-refractivity contribution in [1.29, 1.82) is 0 Å². The van der Waals surface area contributed by atoms with Crippen LogP contribution >= 0.6 is 11.3 Å². The van der Waals surface area contributed by atoms with Crippen molar-refractivity contribution in [3.63, 3.8) is 0 Å². The van der Waals surface area contributed by atoms with Crippen LogP contribution in [0, 0.1) is 6.92 Å². The van der Waals surface area contributed by atoms with Crippen LogP contribution in [-0.2, 0) is 13.0 Å². The van der Waals surface area contributed by atoms with Crippen LogP contribution in [0.5, 0.6) is 0 Å². The van der Waals surface area contributed by atoms with Gasteiger partial charge >= 0.3 is 0 Å². The summed E-state index contributed by atoms with van der Waals surface area (Å²) in [6, 6.07) is 6.09. The summed E-state index contributed by atoms with van der Waals surface area (Å²) in [5.74, 6) is -0.0704. The van der Waals surface area contributed by atoms with Crippen molar-refractivity contribution in [3.8, 4) is 0 Å². The molecular formula is C14H15N3OS. The predicted octanol–water partition coefficient (Wildman–Crippen LogP) is 2.35. The first-order valence-electron chi connectivity index (χ1n) is 6.28. The highest BCUT2D eigenvalue weighted by atomic mass is 32.1. The normalized spacial score (nSPS) is 13.9. The summed E-state index contributed by atoms with van der Waals surface area (Å²) in [6.07, 6.45) is 1.01. The van der Waals surface area contributed by atoms with Crippen LogP contribution < -0.4 is 10.6 Å². The van der Waals surface area contributed by atoms with Crippen LogP contribution in [0.1, 0.15) is 26.5 Å². The third-order valence-corrected chi connectivity index (χ3v) is 4.27. The van der Waals surface area contributed by atoms with E-state index in [1.165, 1.54) is 22.5 Å². The summed E-state index contributed by atoms with van der Waals surface area (Å²) in [5, 5.41) is 6.34. The molecule has 0 fully saturated rings. The number of rotatable bonds is 2. The van der Waals surface area contributed by atoms with Gasteiger partial charge in [-0.3, -0.25) is 4.79 Å². The lowest BCUT2D eigenvalue weighted by molar-refractivity contribution is 0.102. The molecule has 4 nitrogen and oxygen atoms in total. The van der Waals surface area contributed by atoms with Crippen molar-refractivity contribution in [2.45, 2.75) is 19.9 Å². The fraction of sp³-hybridized carbons (Fsp3) is 0.286. The lowest BCUT2D eigenvalue weighted by Gasteiger charge is -2.20. The summed E-state index contributed by atoms with van der Waals surface area (Å²) < 4.78 is 0. The van der Waals surface area contributed by atoms with Crippen molar-refractivity contribution in [2.75, 3.05) is 11.9 Å². The number of nitrogens with zero attached hydrogens (tertiary/aromatic N) is 1. The van der Waals surface area contributed by atoms with Crippen molar-refractivity contribution >= 4 is 22.9 Å². The van der Waals surface area contributed by atoms with Gasteiger partial charge in [0.15, 0.2) is 0 Å². The van der Waals surface area contributed by atoms with Crippen molar-refractivity contribution in [1.82, 2.24) is 10.3 Å². The smallest absolute Gasteiger partial charge is 0.267 e. The molecule has 0 atom stereocenters. The number of thiazole rings is 1. The molecule has 0 radical (unpaired) electrons. The first-order valence-corrected chi connectivity index (χ1v) is 7.16. The minimum atomic E-state index is -0.0704. The molecule has 0 unspecified atom stereocenters. The van der Waals surface area contributed by atoms with E-state index >= 15 is 0 Å². The molecule has 5 heteroatoms. The van der Waals surface area contributed by atoms with Gasteiger partial charge in [0.2, 0.25) is 0 Å². The zero-order valence-electron chi connectivity index (χ0n) is 10.7. The van der Waals surface area contributed by atoms with Gasteiger partial charge in [-0.2, -0.15) is 0 Å². The number of anilines is 1. The molecule has 1 aromatic heterocycles. The molecule has 0 saturated carbocycles. The van der Waals surface area contributed by atoms with Crippen LogP contribution in [0.3, 0.4) is 0 Å². The maximum absolute atomic E-state index is 12.2. The molecule has 1 amide bonds. The largest absolute Gasteiger partial charge is 0.321 e. The number of aryl methyl sites for hydroxylation is 1. The Morgan fingerprint density at radius 1 is 1.47 bits per heavy atom. The molecule has 2 N–H and O–H groups in total. The van der Waals surface area contributed by atoms with Crippen LogP contribution in [0.4, 0.5) is 5.69 Å². The van der Waals surface area contributed by atoms with Crippen LogP contribution in [0.25, 0.3) is 0 Å². The highest BCUT2D eigenvalue weighted by molar-refractivity contribution is 7.12. The average Bonchev–Trinajstić information content (AvgIpc) is 2.85. The molecule has 1 aliphatic rings. The lowest BCUT2D eigenvalue weighted by atomic mass is 9.99. The van der Waals surface area contributed by atoms with Gasteiger partial charge in [-0.25, -0.2) is 4.98 Å². The average molecular weight is 273 g/mol. The van der Waals surface area contributed by atoms with E-state index < -0.39 is 0 Å². The number of hydrogen-bond acceptors (Lipinski definition) is 4. The molecule has 2 heterocycles. The van der Waals surface area contributed by atoms with Gasteiger partial charge in [0.05, 0.1) is 11.2 Å². The second-order valence-corrected chi connectivity index (χ2v) is 5.45. The summed E-state index contributed by atoms with van der Waals surface area (Å²) >= 11 is 1.38. The molecule has 2 aromatic rings. The van der Waals surface area contributed by atoms with Gasteiger partial charge < -0.3 is 10.6 Å². The van der Waals surface area contributed by atoms with Crippen molar-refractivity contribution < 1.29 is 4.79 Å². The van der Waals surface area contributed by atoms with Crippen molar-refractivity contribution in [2.24, 2.45) is 0 Å². The molecule has 0 bridgehead atoms. The molecular weight excluding hydrogens is 258 g/mol. The minimum absolute atomic E-state index is 0.0704. The van der Waals surface area contributed by atoms with Gasteiger partial charge in [-0.1, -0.05) is 12.1 Å². The van der Waals surface area contributed by atoms with Crippen LogP contribution in [0.2, 0.25) is 0 Å². The number of hydrogen-bond donors (Lipinski definition) is 2. The number of carbonyl (C=O) groups excluding carboxylic acids is 1. The maximum atomic E-state index is 12.2. The highest BCUT2D eigenvalue weighted by Crippen LogP contribution is 2.24. The Labute approximate surface area is 115 Å². The van der Waals surface area contributed by atoms with E-state index in [1.807, 2.05) is 19.1 Å². The Hall–Kier alpha value is -1.72. The van der Waals surface area contributed by atoms with Gasteiger partial charge in [-0.05, 0) is 37.1 Å². The van der Waals surface area contributed by atoms with Gasteiger partial charge in [0.1, 0.15) is 4.88 Å². The Kier molecular flexibility index (Phi) is 3.31. The first kappa shape index (κ1) is 12.3.